The van der Waals surface area contributed by atoms with Crippen molar-refractivity contribution in [3.05, 3.63) is 212 Å². The molecule has 13 rings (SSSR count). The van der Waals surface area contributed by atoms with Crippen LogP contribution in [0.5, 0.6) is 0 Å². The van der Waals surface area contributed by atoms with Crippen molar-refractivity contribution in [3.63, 3.8) is 0 Å². The molecule has 0 saturated carbocycles. The predicted octanol–water partition coefficient (Wildman–Crippen LogP) is 17.9. The van der Waals surface area contributed by atoms with Gasteiger partial charge in [0.2, 0.25) is 0 Å². The van der Waals surface area contributed by atoms with Crippen LogP contribution in [0, 0.1) is 0 Å². The summed E-state index contributed by atoms with van der Waals surface area (Å²) in [7, 11) is 0. The van der Waals surface area contributed by atoms with Gasteiger partial charge in [-0.2, -0.15) is 0 Å². The Morgan fingerprint density at radius 3 is 1.68 bits per heavy atom. The van der Waals surface area contributed by atoms with Crippen molar-refractivity contribution in [1.82, 2.24) is 0 Å². The Hall–Kier alpha value is -7.50. The molecule has 0 bridgehead atoms. The number of nitrogens with zero attached hydrogens (tertiary/aromatic N) is 1. The lowest BCUT2D eigenvalue weighted by Crippen LogP contribution is -2.11. The number of furan rings is 1. The van der Waals surface area contributed by atoms with E-state index in [2.05, 4.69) is 217 Å². The van der Waals surface area contributed by atoms with Crippen LogP contribution in [0.1, 0.15) is 0 Å². The van der Waals surface area contributed by atoms with Crippen molar-refractivity contribution in [2.75, 3.05) is 4.90 Å². The molecule has 0 N–H and O–H groups in total. The van der Waals surface area contributed by atoms with Crippen molar-refractivity contribution in [1.29, 1.82) is 0 Å². The molecule has 0 aliphatic rings. The van der Waals surface area contributed by atoms with E-state index in [1.807, 2.05) is 22.7 Å². The third-order valence-electron chi connectivity index (χ3n) is 12.5. The third-order valence-corrected chi connectivity index (χ3v) is 14.9. The lowest BCUT2D eigenvalue weighted by molar-refractivity contribution is 0.673. The van der Waals surface area contributed by atoms with Crippen molar-refractivity contribution < 1.29 is 4.42 Å². The summed E-state index contributed by atoms with van der Waals surface area (Å²) in [6, 6.07) is 77.4. The molecule has 0 aliphatic carbocycles. The first-order valence-electron chi connectivity index (χ1n) is 21.0. The zero-order valence-electron chi connectivity index (χ0n) is 33.4. The van der Waals surface area contributed by atoms with Gasteiger partial charge < -0.3 is 9.32 Å². The molecule has 0 saturated heterocycles. The number of thiophene rings is 2. The molecule has 0 radical (unpaired) electrons. The Balaban J connectivity index is 1.07. The number of anilines is 3. The van der Waals surface area contributed by atoms with E-state index < -0.39 is 0 Å². The maximum Gasteiger partial charge on any atom is 0.143 e. The summed E-state index contributed by atoms with van der Waals surface area (Å²) >= 11 is 3.73. The van der Waals surface area contributed by atoms with Crippen LogP contribution in [0.3, 0.4) is 0 Å². The SMILES string of the molecule is c1ccc(-c2ccc(N(c3cc4oc5c6ccccc6ccc5c4cc3-c3ccc(-c4cccc5c4sc4ccccc45)cc3)c3cccc4c3sc3ccccc34)cc2)cc1. The molecule has 2 nitrogen and oxygen atoms in total. The van der Waals surface area contributed by atoms with E-state index in [1.165, 1.54) is 68.0 Å². The predicted molar refractivity (Wildman–Crippen MR) is 268 cm³/mol. The smallest absolute Gasteiger partial charge is 0.143 e. The highest BCUT2D eigenvalue weighted by Crippen LogP contribution is 2.50. The monoisotopic (exact) mass is 825 g/mol. The molecule has 4 heteroatoms. The quantitative estimate of drug-likeness (QED) is 0.166. The first-order chi connectivity index (χ1) is 30.7. The van der Waals surface area contributed by atoms with Gasteiger partial charge in [0.05, 0.1) is 16.1 Å². The van der Waals surface area contributed by atoms with Crippen LogP contribution in [0.4, 0.5) is 17.1 Å². The zero-order valence-corrected chi connectivity index (χ0v) is 35.0. The Morgan fingerprint density at radius 2 is 0.919 bits per heavy atom. The highest BCUT2D eigenvalue weighted by molar-refractivity contribution is 7.26. The molecule has 0 fully saturated rings. The lowest BCUT2D eigenvalue weighted by Gasteiger charge is -2.28. The maximum atomic E-state index is 6.95. The summed E-state index contributed by atoms with van der Waals surface area (Å²) in [5.41, 5.74) is 12.1. The number of hydrogen-bond donors (Lipinski definition) is 0. The highest BCUT2D eigenvalue weighted by atomic mass is 32.1. The summed E-state index contributed by atoms with van der Waals surface area (Å²) in [6.45, 7) is 0. The second-order valence-corrected chi connectivity index (χ2v) is 18.1. The van der Waals surface area contributed by atoms with Crippen LogP contribution < -0.4 is 4.90 Å². The molecule has 3 aromatic heterocycles. The second-order valence-electron chi connectivity index (χ2n) is 16.0. The number of benzene rings is 10. The lowest BCUT2D eigenvalue weighted by atomic mass is 9.95. The van der Waals surface area contributed by atoms with E-state index >= 15 is 0 Å². The summed E-state index contributed by atoms with van der Waals surface area (Å²) in [6.07, 6.45) is 0. The number of hydrogen-bond acceptors (Lipinski definition) is 4. The Morgan fingerprint density at radius 1 is 0.339 bits per heavy atom. The standard InChI is InChI=1S/C58H35NOS2/c1-2-12-36(13-3-1)37-28-31-41(32-29-37)59(51-21-11-20-48-45-17-7-9-23-55(45)62-58(48)51)52-35-53-50(46-33-30-38-14-4-5-15-42(38)56(46)60-53)34-49(52)40-26-24-39(25-27-40)43-18-10-19-47-44-16-6-8-22-54(44)61-57(43)47/h1-35H. The molecule has 10 aromatic carbocycles. The fourth-order valence-electron chi connectivity index (χ4n) is 9.51. The van der Waals surface area contributed by atoms with Gasteiger partial charge in [-0.05, 0) is 75.7 Å². The molecule has 62 heavy (non-hydrogen) atoms. The van der Waals surface area contributed by atoms with Crippen molar-refractivity contribution in [2.24, 2.45) is 0 Å². The van der Waals surface area contributed by atoms with E-state index in [1.54, 1.807) is 0 Å². The van der Waals surface area contributed by atoms with Gasteiger partial charge in [-0.25, -0.2) is 0 Å². The van der Waals surface area contributed by atoms with Gasteiger partial charge in [0.1, 0.15) is 11.2 Å². The highest BCUT2D eigenvalue weighted by Gasteiger charge is 2.24. The van der Waals surface area contributed by atoms with Crippen LogP contribution >= 0.6 is 22.7 Å². The van der Waals surface area contributed by atoms with Gasteiger partial charge in [0, 0.05) is 69.1 Å². The molecule has 290 valence electrons. The van der Waals surface area contributed by atoms with E-state index in [0.29, 0.717) is 0 Å². The summed E-state index contributed by atoms with van der Waals surface area (Å²) in [5, 5.41) is 9.66. The molecular formula is C58H35NOS2. The first-order valence-corrected chi connectivity index (χ1v) is 22.6. The molecule has 0 atom stereocenters. The first kappa shape index (κ1) is 35.3. The minimum atomic E-state index is 0.859. The van der Waals surface area contributed by atoms with Crippen LogP contribution in [0.2, 0.25) is 0 Å². The molecule has 0 aliphatic heterocycles. The molecule has 0 amide bonds. The largest absolute Gasteiger partial charge is 0.455 e. The second kappa shape index (κ2) is 14.0. The average Bonchev–Trinajstić information content (AvgIpc) is 4.04. The Labute approximate surface area is 365 Å². The minimum absolute atomic E-state index is 0.859. The van der Waals surface area contributed by atoms with E-state index in [4.69, 9.17) is 4.42 Å². The average molecular weight is 826 g/mol. The summed E-state index contributed by atoms with van der Waals surface area (Å²) in [5.74, 6) is 0. The summed E-state index contributed by atoms with van der Waals surface area (Å²) in [4.78, 5) is 2.46. The van der Waals surface area contributed by atoms with Crippen LogP contribution in [0.25, 0.3) is 106 Å². The van der Waals surface area contributed by atoms with E-state index in [9.17, 15) is 0 Å². The Kier molecular flexibility index (Phi) is 7.99. The topological polar surface area (TPSA) is 16.4 Å². The molecule has 0 spiro atoms. The number of fused-ring (bicyclic) bond motifs is 11. The fraction of sp³-hybridized carbons (Fsp3) is 0. The summed E-state index contributed by atoms with van der Waals surface area (Å²) < 4.78 is 12.1. The van der Waals surface area contributed by atoms with Crippen molar-refractivity contribution >= 4 is 113 Å². The van der Waals surface area contributed by atoms with Gasteiger partial charge >= 0.3 is 0 Å². The van der Waals surface area contributed by atoms with Gasteiger partial charge in [0.15, 0.2) is 0 Å². The Bertz CT molecular complexity index is 3860. The third kappa shape index (κ3) is 5.54. The molecule has 13 aromatic rings. The van der Waals surface area contributed by atoms with Gasteiger partial charge in [0.25, 0.3) is 0 Å². The van der Waals surface area contributed by atoms with Crippen LogP contribution in [0.15, 0.2) is 217 Å². The zero-order chi connectivity index (χ0) is 40.7. The number of rotatable bonds is 6. The normalized spacial score (nSPS) is 11.9. The maximum absolute atomic E-state index is 6.95. The van der Waals surface area contributed by atoms with E-state index in [-0.39, 0.29) is 0 Å². The molecule has 0 unspecified atom stereocenters. The molecule has 3 heterocycles. The minimum Gasteiger partial charge on any atom is -0.455 e. The van der Waals surface area contributed by atoms with Crippen molar-refractivity contribution in [2.45, 2.75) is 0 Å². The van der Waals surface area contributed by atoms with Gasteiger partial charge in [-0.1, -0.05) is 164 Å². The molecular weight excluding hydrogens is 791 g/mol. The van der Waals surface area contributed by atoms with Crippen LogP contribution in [-0.2, 0) is 0 Å². The fourth-order valence-corrected chi connectivity index (χ4v) is 12.0. The van der Waals surface area contributed by atoms with Gasteiger partial charge in [-0.3, -0.25) is 0 Å². The van der Waals surface area contributed by atoms with Gasteiger partial charge in [-0.15, -0.1) is 22.7 Å². The van der Waals surface area contributed by atoms with Crippen molar-refractivity contribution in [3.8, 4) is 33.4 Å². The van der Waals surface area contributed by atoms with Crippen LogP contribution in [-0.4, -0.2) is 0 Å². The van der Waals surface area contributed by atoms with E-state index in [0.717, 1.165) is 55.5 Å².